The summed E-state index contributed by atoms with van der Waals surface area (Å²) in [7, 11) is -1.47. The zero-order valence-corrected chi connectivity index (χ0v) is 10.9. The van der Waals surface area contributed by atoms with Crippen LogP contribution in [0.15, 0.2) is 0 Å². The van der Waals surface area contributed by atoms with Crippen molar-refractivity contribution in [2.24, 2.45) is 0 Å². The Kier molecular flexibility index (Phi) is 4.88. The van der Waals surface area contributed by atoms with Crippen LogP contribution in [-0.4, -0.2) is 39.5 Å². The van der Waals surface area contributed by atoms with Gasteiger partial charge in [-0.1, -0.05) is 13.1 Å². The molecule has 0 aromatic heterocycles. The van der Waals surface area contributed by atoms with Crippen LogP contribution in [0, 0.1) is 0 Å². The van der Waals surface area contributed by atoms with Crippen LogP contribution in [0.3, 0.4) is 0 Å². The lowest BCUT2D eigenvalue weighted by atomic mass is 10.4. The third kappa shape index (κ3) is 6.02. The summed E-state index contributed by atoms with van der Waals surface area (Å²) in [5, 5.41) is 0. The number of ether oxygens (including phenoxy) is 3. The third-order valence-corrected chi connectivity index (χ3v) is 4.12. The molecular weight excluding hydrogens is 236 g/mol. The minimum atomic E-state index is -1.47. The molecule has 0 aliphatic carbocycles. The van der Waals surface area contributed by atoms with Crippen molar-refractivity contribution in [3.05, 3.63) is 0 Å². The SMILES string of the molecule is C[Si](C)(Cl)CCCOCC1COC(=O)O1. The minimum absolute atomic E-state index is 0.237. The Labute approximate surface area is 95.5 Å². The Bertz CT molecular complexity index is 217. The van der Waals surface area contributed by atoms with E-state index in [0.29, 0.717) is 19.8 Å². The van der Waals surface area contributed by atoms with Gasteiger partial charge in [-0.15, -0.1) is 0 Å². The molecule has 15 heavy (non-hydrogen) atoms. The minimum Gasteiger partial charge on any atom is -0.430 e. The molecule has 6 heteroatoms. The fourth-order valence-corrected chi connectivity index (χ4v) is 2.64. The lowest BCUT2D eigenvalue weighted by molar-refractivity contribution is 0.0462. The summed E-state index contributed by atoms with van der Waals surface area (Å²) >= 11 is 6.15. The first-order chi connectivity index (χ1) is 6.97. The maximum atomic E-state index is 10.6. The van der Waals surface area contributed by atoms with Gasteiger partial charge < -0.3 is 14.2 Å². The Hall–Kier alpha value is -0.263. The van der Waals surface area contributed by atoms with Crippen LogP contribution in [0.25, 0.3) is 0 Å². The van der Waals surface area contributed by atoms with E-state index in [2.05, 4.69) is 17.8 Å². The molecule has 1 aliphatic heterocycles. The summed E-state index contributed by atoms with van der Waals surface area (Å²) in [5.74, 6) is 0. The Balaban J connectivity index is 1.95. The molecule has 0 aromatic rings. The van der Waals surface area contributed by atoms with Gasteiger partial charge in [0.1, 0.15) is 6.61 Å². The van der Waals surface area contributed by atoms with Gasteiger partial charge in [0.05, 0.1) is 6.61 Å². The van der Waals surface area contributed by atoms with Crippen molar-refractivity contribution in [1.82, 2.24) is 0 Å². The molecule has 0 N–H and O–H groups in total. The molecule has 1 fully saturated rings. The highest BCUT2D eigenvalue weighted by Gasteiger charge is 2.24. The van der Waals surface area contributed by atoms with Crippen LogP contribution in [-0.2, 0) is 14.2 Å². The molecule has 1 aliphatic rings. The molecule has 0 bridgehead atoms. The predicted octanol–water partition coefficient (Wildman–Crippen LogP) is 2.37. The zero-order valence-electron chi connectivity index (χ0n) is 9.12. The van der Waals surface area contributed by atoms with E-state index in [4.69, 9.17) is 20.6 Å². The standard InChI is InChI=1S/C9H17ClO4Si/c1-15(2,10)5-3-4-12-6-8-7-13-9(11)14-8/h8H,3-7H2,1-2H3. The van der Waals surface area contributed by atoms with E-state index in [1.165, 1.54) is 0 Å². The second-order valence-corrected chi connectivity index (χ2v) is 11.2. The fraction of sp³-hybridized carbons (Fsp3) is 0.889. The maximum absolute atomic E-state index is 10.6. The monoisotopic (exact) mass is 252 g/mol. The third-order valence-electron chi connectivity index (χ3n) is 2.01. The van der Waals surface area contributed by atoms with Crippen molar-refractivity contribution < 1.29 is 19.0 Å². The normalized spacial score (nSPS) is 21.3. The van der Waals surface area contributed by atoms with Crippen molar-refractivity contribution in [2.75, 3.05) is 19.8 Å². The molecule has 4 nitrogen and oxygen atoms in total. The molecule has 1 atom stereocenters. The number of halogens is 1. The van der Waals surface area contributed by atoms with Gasteiger partial charge in [0, 0.05) is 6.61 Å². The highest BCUT2D eigenvalue weighted by molar-refractivity contribution is 7.19. The Morgan fingerprint density at radius 2 is 2.33 bits per heavy atom. The number of hydrogen-bond acceptors (Lipinski definition) is 4. The van der Waals surface area contributed by atoms with E-state index in [1.54, 1.807) is 0 Å². The van der Waals surface area contributed by atoms with Crippen LogP contribution >= 0.6 is 11.1 Å². The summed E-state index contributed by atoms with van der Waals surface area (Å²) in [6.07, 6.45) is 0.126. The van der Waals surface area contributed by atoms with Crippen molar-refractivity contribution in [1.29, 1.82) is 0 Å². The van der Waals surface area contributed by atoms with E-state index in [-0.39, 0.29) is 6.10 Å². The molecular formula is C9H17ClO4Si. The molecule has 0 aromatic carbocycles. The molecule has 0 spiro atoms. The molecule has 0 saturated carbocycles. The van der Waals surface area contributed by atoms with Gasteiger partial charge in [-0.05, 0) is 12.5 Å². The quantitative estimate of drug-likeness (QED) is 0.315. The molecule has 1 unspecified atom stereocenters. The van der Waals surface area contributed by atoms with E-state index in [0.717, 1.165) is 12.5 Å². The number of carbonyl (C=O) groups is 1. The molecule has 1 rings (SSSR count). The van der Waals surface area contributed by atoms with Crippen molar-refractivity contribution in [3.63, 3.8) is 0 Å². The molecule has 88 valence electrons. The van der Waals surface area contributed by atoms with E-state index in [9.17, 15) is 4.79 Å². The predicted molar refractivity (Wildman–Crippen MR) is 59.8 cm³/mol. The second-order valence-electron chi connectivity index (χ2n) is 4.20. The van der Waals surface area contributed by atoms with Crippen molar-refractivity contribution in [2.45, 2.75) is 31.7 Å². The smallest absolute Gasteiger partial charge is 0.430 e. The molecule has 1 saturated heterocycles. The van der Waals surface area contributed by atoms with Gasteiger partial charge >= 0.3 is 6.16 Å². The second kappa shape index (κ2) is 5.72. The first-order valence-corrected chi connectivity index (χ1v) is 9.29. The van der Waals surface area contributed by atoms with Crippen LogP contribution < -0.4 is 0 Å². The van der Waals surface area contributed by atoms with Crippen molar-refractivity contribution in [3.8, 4) is 0 Å². The molecule has 1 heterocycles. The van der Waals surface area contributed by atoms with Gasteiger partial charge in [0.15, 0.2) is 13.5 Å². The summed E-state index contributed by atoms with van der Waals surface area (Å²) in [6.45, 7) is 5.60. The zero-order chi connectivity index (χ0) is 11.3. The number of rotatable bonds is 6. The van der Waals surface area contributed by atoms with E-state index >= 15 is 0 Å². The van der Waals surface area contributed by atoms with Gasteiger partial charge in [-0.25, -0.2) is 4.79 Å². The lowest BCUT2D eigenvalue weighted by Gasteiger charge is -2.12. The molecule has 0 amide bonds. The highest BCUT2D eigenvalue weighted by Crippen LogP contribution is 2.16. The van der Waals surface area contributed by atoms with E-state index in [1.807, 2.05) is 0 Å². The van der Waals surface area contributed by atoms with Crippen LogP contribution in [0.5, 0.6) is 0 Å². The molecule has 0 radical (unpaired) electrons. The largest absolute Gasteiger partial charge is 0.508 e. The van der Waals surface area contributed by atoms with Crippen LogP contribution in [0.4, 0.5) is 4.79 Å². The van der Waals surface area contributed by atoms with Crippen LogP contribution in [0.2, 0.25) is 19.1 Å². The summed E-state index contributed by atoms with van der Waals surface area (Å²) in [5.41, 5.74) is 0. The Morgan fingerprint density at radius 1 is 1.60 bits per heavy atom. The number of cyclic esters (lactones) is 2. The average Bonchev–Trinajstić information content (AvgIpc) is 2.49. The summed E-state index contributed by atoms with van der Waals surface area (Å²) < 4.78 is 14.8. The Morgan fingerprint density at radius 3 is 2.87 bits per heavy atom. The van der Waals surface area contributed by atoms with Gasteiger partial charge in [0.25, 0.3) is 0 Å². The first-order valence-electron chi connectivity index (χ1n) is 5.07. The number of carbonyl (C=O) groups excluding carboxylic acids is 1. The summed E-state index contributed by atoms with van der Waals surface area (Å²) in [6, 6.07) is 1.04. The first kappa shape index (κ1) is 12.8. The van der Waals surface area contributed by atoms with Crippen molar-refractivity contribution >= 4 is 24.6 Å². The average molecular weight is 253 g/mol. The van der Waals surface area contributed by atoms with Gasteiger partial charge in [0.2, 0.25) is 0 Å². The summed E-state index contributed by atoms with van der Waals surface area (Å²) in [4.78, 5) is 10.6. The topological polar surface area (TPSA) is 44.8 Å². The van der Waals surface area contributed by atoms with E-state index < -0.39 is 13.5 Å². The van der Waals surface area contributed by atoms with Gasteiger partial charge in [-0.2, -0.15) is 11.1 Å². The maximum Gasteiger partial charge on any atom is 0.508 e. The fourth-order valence-electron chi connectivity index (χ4n) is 1.26. The van der Waals surface area contributed by atoms with Crippen LogP contribution in [0.1, 0.15) is 6.42 Å². The lowest BCUT2D eigenvalue weighted by Crippen LogP contribution is -2.20. The van der Waals surface area contributed by atoms with Gasteiger partial charge in [-0.3, -0.25) is 0 Å². The highest BCUT2D eigenvalue weighted by atomic mass is 35.6. The number of hydrogen-bond donors (Lipinski definition) is 0.